The lowest BCUT2D eigenvalue weighted by molar-refractivity contribution is 0.527. The molecule has 0 N–H and O–H groups in total. The van der Waals surface area contributed by atoms with Gasteiger partial charge in [0.1, 0.15) is 5.52 Å². The first-order chi connectivity index (χ1) is 9.13. The summed E-state index contributed by atoms with van der Waals surface area (Å²) in [6, 6.07) is 9.92. The molecule has 0 fully saturated rings. The Hall–Kier alpha value is -0.170. The Labute approximate surface area is 139 Å². The van der Waals surface area contributed by atoms with Crippen molar-refractivity contribution in [3.8, 4) is 0 Å². The molecule has 1 aromatic carbocycles. The van der Waals surface area contributed by atoms with Crippen molar-refractivity contribution in [3.63, 3.8) is 0 Å². The molecule has 2 aromatic heterocycles. The number of oxazole rings is 1. The lowest BCUT2D eigenvalue weighted by Gasteiger charge is -2.05. The van der Waals surface area contributed by atoms with E-state index in [0.29, 0.717) is 0 Å². The van der Waals surface area contributed by atoms with Crippen LogP contribution in [-0.2, 0) is 6.42 Å². The molecule has 0 radical (unpaired) electrons. The van der Waals surface area contributed by atoms with Gasteiger partial charge in [0.05, 0.1) is 12.4 Å². The van der Waals surface area contributed by atoms with Crippen LogP contribution >= 0.6 is 59.1 Å². The van der Waals surface area contributed by atoms with Crippen LogP contribution in [0, 0.1) is 0 Å². The van der Waals surface area contributed by atoms with Gasteiger partial charge in [-0.05, 0) is 55.6 Å². The summed E-state index contributed by atoms with van der Waals surface area (Å²) in [6.07, 6.45) is 0.719. The molecule has 0 saturated heterocycles. The van der Waals surface area contributed by atoms with Crippen molar-refractivity contribution in [2.45, 2.75) is 11.2 Å². The van der Waals surface area contributed by atoms with Crippen LogP contribution in [0.25, 0.3) is 11.1 Å². The maximum atomic E-state index is 5.74. The highest BCUT2D eigenvalue weighted by atomic mass is 79.9. The van der Waals surface area contributed by atoms with Gasteiger partial charge in [0, 0.05) is 6.42 Å². The van der Waals surface area contributed by atoms with E-state index in [1.165, 1.54) is 5.56 Å². The van der Waals surface area contributed by atoms with E-state index in [9.17, 15) is 0 Å². The fourth-order valence-corrected chi connectivity index (χ4v) is 5.91. The number of hydrogen-bond acceptors (Lipinski definition) is 3. The van der Waals surface area contributed by atoms with Gasteiger partial charge in [-0.25, -0.2) is 4.98 Å². The number of thiophene rings is 1. The van der Waals surface area contributed by atoms with Crippen LogP contribution in [0.4, 0.5) is 0 Å². The summed E-state index contributed by atoms with van der Waals surface area (Å²) in [5.41, 5.74) is 2.95. The molecule has 0 amide bonds. The molecule has 1 atom stereocenters. The zero-order chi connectivity index (χ0) is 13.4. The Morgan fingerprint density at radius 1 is 1.26 bits per heavy atom. The van der Waals surface area contributed by atoms with Crippen molar-refractivity contribution >= 4 is 70.2 Å². The number of fused-ring (bicyclic) bond motifs is 1. The summed E-state index contributed by atoms with van der Waals surface area (Å²) in [5.74, 6) is 0.747. The summed E-state index contributed by atoms with van der Waals surface area (Å²) in [5, 5.41) is 0. The van der Waals surface area contributed by atoms with E-state index in [1.54, 1.807) is 11.3 Å². The molecule has 0 spiro atoms. The van der Waals surface area contributed by atoms with Gasteiger partial charge >= 0.3 is 0 Å². The fraction of sp³-hybridized carbons (Fsp3) is 0.154. The minimum atomic E-state index is 0.178. The molecule has 6 heteroatoms. The van der Waals surface area contributed by atoms with Crippen molar-refractivity contribution in [3.05, 3.63) is 49.4 Å². The minimum Gasteiger partial charge on any atom is -0.441 e. The molecule has 0 aliphatic carbocycles. The van der Waals surface area contributed by atoms with Crippen LogP contribution < -0.4 is 0 Å². The number of aromatic nitrogens is 1. The second kappa shape index (κ2) is 5.68. The first-order valence-electron chi connectivity index (χ1n) is 5.57. The highest BCUT2D eigenvalue weighted by molar-refractivity contribution is 9.12. The zero-order valence-electron chi connectivity index (χ0n) is 9.57. The van der Waals surface area contributed by atoms with E-state index in [1.807, 2.05) is 24.3 Å². The van der Waals surface area contributed by atoms with Gasteiger partial charge < -0.3 is 4.42 Å². The van der Waals surface area contributed by atoms with Gasteiger partial charge in [0.25, 0.3) is 0 Å². The van der Waals surface area contributed by atoms with Crippen LogP contribution in [-0.4, -0.2) is 4.98 Å². The maximum absolute atomic E-state index is 5.74. The van der Waals surface area contributed by atoms with E-state index < -0.39 is 0 Å². The largest absolute Gasteiger partial charge is 0.441 e. The van der Waals surface area contributed by atoms with E-state index >= 15 is 0 Å². The number of halogens is 3. The summed E-state index contributed by atoms with van der Waals surface area (Å²) in [6.45, 7) is 0. The van der Waals surface area contributed by atoms with Gasteiger partial charge in [0.15, 0.2) is 11.5 Å². The Balaban J connectivity index is 1.86. The lowest BCUT2D eigenvalue weighted by atomic mass is 10.2. The predicted molar refractivity (Wildman–Crippen MR) is 89.1 cm³/mol. The minimum absolute atomic E-state index is 0.178. The van der Waals surface area contributed by atoms with Crippen LogP contribution in [0.15, 0.2) is 42.3 Å². The van der Waals surface area contributed by atoms with Crippen molar-refractivity contribution in [2.75, 3.05) is 0 Å². The third-order valence-electron chi connectivity index (χ3n) is 2.71. The summed E-state index contributed by atoms with van der Waals surface area (Å²) >= 11 is 12.4. The first-order valence-corrected chi connectivity index (χ1v) is 8.88. The van der Waals surface area contributed by atoms with Crippen molar-refractivity contribution in [1.82, 2.24) is 4.98 Å². The molecule has 0 bridgehead atoms. The van der Waals surface area contributed by atoms with E-state index in [-0.39, 0.29) is 4.83 Å². The van der Waals surface area contributed by atoms with Crippen LogP contribution in [0.1, 0.15) is 16.3 Å². The number of hydrogen-bond donors (Lipinski definition) is 0. The van der Waals surface area contributed by atoms with Gasteiger partial charge in [-0.1, -0.05) is 28.1 Å². The summed E-state index contributed by atoms with van der Waals surface area (Å²) < 4.78 is 7.97. The molecule has 0 aliphatic rings. The number of benzene rings is 1. The number of nitrogens with zero attached hydrogens (tertiary/aromatic N) is 1. The third-order valence-corrected chi connectivity index (χ3v) is 5.92. The molecule has 98 valence electrons. The number of alkyl halides is 1. The standard InChI is InChI=1S/C13H8Br3NOS/c14-8(7-5-11(15)19-13(7)16)6-12-17-9-3-1-2-4-10(9)18-12/h1-5,8H,6H2. The zero-order valence-corrected chi connectivity index (χ0v) is 15.1. The Morgan fingerprint density at radius 3 is 2.74 bits per heavy atom. The molecule has 3 aromatic rings. The highest BCUT2D eigenvalue weighted by Crippen LogP contribution is 2.40. The highest BCUT2D eigenvalue weighted by Gasteiger charge is 2.17. The Bertz CT molecular complexity index is 689. The number of rotatable bonds is 3. The average Bonchev–Trinajstić information content (AvgIpc) is 2.91. The topological polar surface area (TPSA) is 26.0 Å². The molecular weight excluding hydrogens is 458 g/mol. The molecule has 1 unspecified atom stereocenters. The molecule has 2 heterocycles. The summed E-state index contributed by atoms with van der Waals surface area (Å²) in [4.78, 5) is 4.67. The number of para-hydroxylation sites is 2. The smallest absolute Gasteiger partial charge is 0.196 e. The Kier molecular flexibility index (Phi) is 4.12. The van der Waals surface area contributed by atoms with Gasteiger partial charge in [-0.2, -0.15) is 0 Å². The van der Waals surface area contributed by atoms with Gasteiger partial charge in [-0.15, -0.1) is 11.3 Å². The first kappa shape index (κ1) is 13.8. The Morgan fingerprint density at radius 2 is 2.05 bits per heavy atom. The monoisotopic (exact) mass is 463 g/mol. The molecule has 0 saturated carbocycles. The molecule has 0 aliphatic heterocycles. The second-order valence-electron chi connectivity index (χ2n) is 4.03. The van der Waals surface area contributed by atoms with Crippen molar-refractivity contribution in [1.29, 1.82) is 0 Å². The molecule has 3 rings (SSSR count). The quantitative estimate of drug-likeness (QED) is 0.437. The second-order valence-corrected chi connectivity index (χ2v) is 8.88. The third kappa shape index (κ3) is 2.96. The molecular formula is C13H8Br3NOS. The van der Waals surface area contributed by atoms with Gasteiger partial charge in [-0.3, -0.25) is 0 Å². The van der Waals surface area contributed by atoms with E-state index in [4.69, 9.17) is 4.42 Å². The average molecular weight is 466 g/mol. The van der Waals surface area contributed by atoms with Crippen molar-refractivity contribution in [2.24, 2.45) is 0 Å². The van der Waals surface area contributed by atoms with E-state index in [0.717, 1.165) is 31.0 Å². The fourth-order valence-electron chi connectivity index (χ4n) is 1.84. The van der Waals surface area contributed by atoms with E-state index in [2.05, 4.69) is 58.8 Å². The molecule has 2 nitrogen and oxygen atoms in total. The predicted octanol–water partition coefficient (Wildman–Crippen LogP) is 6.09. The van der Waals surface area contributed by atoms with Crippen LogP contribution in [0.5, 0.6) is 0 Å². The molecule has 19 heavy (non-hydrogen) atoms. The summed E-state index contributed by atoms with van der Waals surface area (Å²) in [7, 11) is 0. The normalized spacial score (nSPS) is 13.0. The lowest BCUT2D eigenvalue weighted by Crippen LogP contribution is -1.94. The van der Waals surface area contributed by atoms with Crippen molar-refractivity contribution < 1.29 is 4.42 Å². The SMILES string of the molecule is Brc1cc(C(Br)Cc2nc3ccccc3o2)c(Br)s1. The van der Waals surface area contributed by atoms with Crippen LogP contribution in [0.2, 0.25) is 0 Å². The maximum Gasteiger partial charge on any atom is 0.196 e. The van der Waals surface area contributed by atoms with Crippen LogP contribution in [0.3, 0.4) is 0 Å². The van der Waals surface area contributed by atoms with Gasteiger partial charge in [0.2, 0.25) is 0 Å².